The second-order valence-corrected chi connectivity index (χ2v) is 7.83. The molecule has 0 aliphatic heterocycles. The van der Waals surface area contributed by atoms with Crippen LogP contribution in [0, 0.1) is 0 Å². The molecule has 0 spiro atoms. The first-order chi connectivity index (χ1) is 7.90. The highest BCUT2D eigenvalue weighted by Gasteiger charge is 2.18. The van der Waals surface area contributed by atoms with E-state index in [9.17, 15) is 8.42 Å². The van der Waals surface area contributed by atoms with Crippen LogP contribution in [0.15, 0.2) is 28.9 Å². The first kappa shape index (κ1) is 12.6. The van der Waals surface area contributed by atoms with Gasteiger partial charge in [-0.2, -0.15) is 0 Å². The van der Waals surface area contributed by atoms with Crippen LogP contribution >= 0.6 is 15.9 Å². The standard InChI is InChI=1S/C12H14BrNO2S/c1-8(2)17(15,16)7-9-6-14-12-5-10(13)3-4-11(9)12/h3-6,8,14H,7H2,1-2H3. The van der Waals surface area contributed by atoms with Gasteiger partial charge < -0.3 is 4.98 Å². The molecular weight excluding hydrogens is 302 g/mol. The van der Waals surface area contributed by atoms with Crippen molar-refractivity contribution in [3.8, 4) is 0 Å². The summed E-state index contributed by atoms with van der Waals surface area (Å²) in [7, 11) is -3.05. The molecule has 2 rings (SSSR count). The van der Waals surface area contributed by atoms with Crippen LogP contribution in [0.1, 0.15) is 19.4 Å². The van der Waals surface area contributed by atoms with Crippen LogP contribution in [-0.2, 0) is 15.6 Å². The lowest BCUT2D eigenvalue weighted by atomic mass is 10.2. The topological polar surface area (TPSA) is 49.9 Å². The molecule has 0 unspecified atom stereocenters. The fourth-order valence-electron chi connectivity index (χ4n) is 1.66. The van der Waals surface area contributed by atoms with Crippen LogP contribution < -0.4 is 0 Å². The van der Waals surface area contributed by atoms with Gasteiger partial charge in [0.15, 0.2) is 9.84 Å². The van der Waals surface area contributed by atoms with Gasteiger partial charge in [-0.3, -0.25) is 0 Å². The van der Waals surface area contributed by atoms with Crippen LogP contribution in [0.3, 0.4) is 0 Å². The highest BCUT2D eigenvalue weighted by Crippen LogP contribution is 2.24. The molecule has 17 heavy (non-hydrogen) atoms. The van der Waals surface area contributed by atoms with E-state index in [1.165, 1.54) is 0 Å². The predicted octanol–water partition coefficient (Wildman–Crippen LogP) is 3.25. The van der Waals surface area contributed by atoms with E-state index in [-0.39, 0.29) is 11.0 Å². The van der Waals surface area contributed by atoms with Crippen molar-refractivity contribution in [1.29, 1.82) is 0 Å². The molecule has 3 nitrogen and oxygen atoms in total. The van der Waals surface area contributed by atoms with Crippen molar-refractivity contribution >= 4 is 36.7 Å². The van der Waals surface area contributed by atoms with E-state index in [2.05, 4.69) is 20.9 Å². The number of nitrogens with one attached hydrogen (secondary N) is 1. The first-order valence-electron chi connectivity index (χ1n) is 5.37. The molecule has 0 saturated carbocycles. The summed E-state index contributed by atoms with van der Waals surface area (Å²) in [5.41, 5.74) is 1.79. The maximum atomic E-state index is 11.9. The molecule has 0 amide bonds. The second kappa shape index (κ2) is 4.46. The molecule has 0 saturated heterocycles. The van der Waals surface area contributed by atoms with E-state index < -0.39 is 9.84 Å². The number of rotatable bonds is 3. The molecule has 2 aromatic rings. The van der Waals surface area contributed by atoms with Gasteiger partial charge in [-0.1, -0.05) is 22.0 Å². The summed E-state index contributed by atoms with van der Waals surface area (Å²) in [6.45, 7) is 3.42. The number of hydrogen-bond acceptors (Lipinski definition) is 2. The van der Waals surface area contributed by atoms with E-state index in [1.54, 1.807) is 20.0 Å². The number of sulfone groups is 1. The quantitative estimate of drug-likeness (QED) is 0.945. The van der Waals surface area contributed by atoms with Crippen molar-refractivity contribution in [2.24, 2.45) is 0 Å². The molecule has 0 atom stereocenters. The molecule has 1 aromatic heterocycles. The minimum absolute atomic E-state index is 0.0896. The highest BCUT2D eigenvalue weighted by molar-refractivity contribution is 9.10. The van der Waals surface area contributed by atoms with Crippen molar-refractivity contribution in [3.63, 3.8) is 0 Å². The Labute approximate surface area is 109 Å². The molecule has 92 valence electrons. The Bertz CT molecular complexity index is 644. The molecular formula is C12H14BrNO2S. The Kier molecular flexibility index (Phi) is 3.32. The molecule has 5 heteroatoms. The van der Waals surface area contributed by atoms with E-state index in [4.69, 9.17) is 0 Å². The first-order valence-corrected chi connectivity index (χ1v) is 7.88. The largest absolute Gasteiger partial charge is 0.361 e. The van der Waals surface area contributed by atoms with Crippen molar-refractivity contribution in [2.75, 3.05) is 0 Å². The summed E-state index contributed by atoms with van der Waals surface area (Å²) >= 11 is 3.39. The van der Waals surface area contributed by atoms with Gasteiger partial charge in [0.25, 0.3) is 0 Å². The summed E-state index contributed by atoms with van der Waals surface area (Å²) < 4.78 is 24.7. The average Bonchev–Trinajstić information content (AvgIpc) is 2.60. The van der Waals surface area contributed by atoms with Crippen molar-refractivity contribution < 1.29 is 8.42 Å². The van der Waals surface area contributed by atoms with Crippen molar-refractivity contribution in [1.82, 2.24) is 4.98 Å². The molecule has 0 aliphatic rings. The third-order valence-electron chi connectivity index (χ3n) is 2.80. The third kappa shape index (κ3) is 2.55. The Morgan fingerprint density at radius 1 is 1.35 bits per heavy atom. The zero-order valence-electron chi connectivity index (χ0n) is 9.70. The number of hydrogen-bond donors (Lipinski definition) is 1. The molecule has 0 bridgehead atoms. The maximum absolute atomic E-state index is 11.9. The van der Waals surface area contributed by atoms with Crippen LogP contribution in [0.25, 0.3) is 10.9 Å². The molecule has 0 aliphatic carbocycles. The fraction of sp³-hybridized carbons (Fsp3) is 0.333. The zero-order valence-corrected chi connectivity index (χ0v) is 12.1. The van der Waals surface area contributed by atoms with E-state index >= 15 is 0 Å². The summed E-state index contributed by atoms with van der Waals surface area (Å²) in [6.07, 6.45) is 1.77. The van der Waals surface area contributed by atoms with Gasteiger partial charge in [-0.05, 0) is 31.5 Å². The lowest BCUT2D eigenvalue weighted by molar-refractivity contribution is 0.586. The third-order valence-corrected chi connectivity index (χ3v) is 5.45. The number of H-pyrrole nitrogens is 1. The molecule has 0 radical (unpaired) electrons. The van der Waals surface area contributed by atoms with Crippen LogP contribution in [0.4, 0.5) is 0 Å². The summed E-state index contributed by atoms with van der Waals surface area (Å²) in [5, 5.41) is 0.625. The molecule has 1 N–H and O–H groups in total. The molecule has 0 fully saturated rings. The van der Waals surface area contributed by atoms with E-state index in [1.807, 2.05) is 18.2 Å². The lowest BCUT2D eigenvalue weighted by Gasteiger charge is -2.06. The van der Waals surface area contributed by atoms with Crippen LogP contribution in [-0.4, -0.2) is 18.7 Å². The Morgan fingerprint density at radius 2 is 2.06 bits per heavy atom. The van der Waals surface area contributed by atoms with Crippen LogP contribution in [0.5, 0.6) is 0 Å². The average molecular weight is 316 g/mol. The number of aromatic amines is 1. The summed E-state index contributed by atoms with van der Waals surface area (Å²) in [6, 6.07) is 5.80. The number of benzene rings is 1. The predicted molar refractivity (Wildman–Crippen MR) is 73.8 cm³/mol. The number of halogens is 1. The second-order valence-electron chi connectivity index (χ2n) is 4.36. The summed E-state index contributed by atoms with van der Waals surface area (Å²) in [4.78, 5) is 3.10. The van der Waals surface area contributed by atoms with Gasteiger partial charge in [-0.15, -0.1) is 0 Å². The van der Waals surface area contributed by atoms with E-state index in [0.29, 0.717) is 0 Å². The smallest absolute Gasteiger partial charge is 0.156 e. The SMILES string of the molecule is CC(C)S(=O)(=O)Cc1c[nH]c2cc(Br)ccc12. The van der Waals surface area contributed by atoms with Crippen LogP contribution in [0.2, 0.25) is 0 Å². The minimum atomic E-state index is -3.05. The molecule has 1 heterocycles. The zero-order chi connectivity index (χ0) is 12.6. The highest BCUT2D eigenvalue weighted by atomic mass is 79.9. The number of aromatic nitrogens is 1. The maximum Gasteiger partial charge on any atom is 0.156 e. The summed E-state index contributed by atoms with van der Waals surface area (Å²) in [5.74, 6) is 0.0896. The fourth-order valence-corrected chi connectivity index (χ4v) is 3.03. The lowest BCUT2D eigenvalue weighted by Crippen LogP contribution is -2.15. The van der Waals surface area contributed by atoms with Gasteiger partial charge in [-0.25, -0.2) is 8.42 Å². The van der Waals surface area contributed by atoms with Gasteiger partial charge in [0, 0.05) is 21.6 Å². The normalized spacial score (nSPS) is 12.5. The number of fused-ring (bicyclic) bond motifs is 1. The van der Waals surface area contributed by atoms with Gasteiger partial charge in [0.2, 0.25) is 0 Å². The Balaban J connectivity index is 2.45. The van der Waals surface area contributed by atoms with Gasteiger partial charge in [0.05, 0.1) is 11.0 Å². The Morgan fingerprint density at radius 3 is 2.71 bits per heavy atom. The van der Waals surface area contributed by atoms with Crippen molar-refractivity contribution in [3.05, 3.63) is 34.4 Å². The van der Waals surface area contributed by atoms with Crippen molar-refractivity contribution in [2.45, 2.75) is 24.9 Å². The van der Waals surface area contributed by atoms with Gasteiger partial charge >= 0.3 is 0 Å². The molecule has 1 aromatic carbocycles. The van der Waals surface area contributed by atoms with E-state index in [0.717, 1.165) is 20.9 Å². The Hall–Kier alpha value is -0.810. The van der Waals surface area contributed by atoms with Gasteiger partial charge in [0.1, 0.15) is 0 Å². The monoisotopic (exact) mass is 315 g/mol. The minimum Gasteiger partial charge on any atom is -0.361 e.